The van der Waals surface area contributed by atoms with Gasteiger partial charge in [0.05, 0.1) is 12.7 Å². The van der Waals surface area contributed by atoms with E-state index in [1.54, 1.807) is 13.0 Å². The zero-order valence-corrected chi connectivity index (χ0v) is 12.9. The van der Waals surface area contributed by atoms with Crippen LogP contribution in [0.15, 0.2) is 18.2 Å². The number of benzene rings is 1. The Balaban J connectivity index is 2.54. The average molecular weight is 298 g/mol. The Morgan fingerprint density at radius 2 is 2.10 bits per heavy atom. The number of rotatable bonds is 5. The molecular weight excluding hydrogens is 275 g/mol. The molecule has 0 aliphatic carbocycles. The quantitative estimate of drug-likeness (QED) is 0.783. The Bertz CT molecular complexity index is 486. The van der Waals surface area contributed by atoms with Crippen molar-refractivity contribution in [2.45, 2.75) is 33.8 Å². The van der Waals surface area contributed by atoms with Crippen molar-refractivity contribution in [3.05, 3.63) is 24.0 Å². The Morgan fingerprint density at radius 3 is 2.62 bits per heavy atom. The summed E-state index contributed by atoms with van der Waals surface area (Å²) in [5.41, 5.74) is -0.00266. The predicted octanol–water partition coefficient (Wildman–Crippen LogP) is 2.75. The van der Waals surface area contributed by atoms with Crippen molar-refractivity contribution in [1.29, 1.82) is 0 Å². The molecule has 0 aliphatic heterocycles. The van der Waals surface area contributed by atoms with E-state index in [1.807, 2.05) is 20.8 Å². The molecule has 0 aliphatic rings. The lowest BCUT2D eigenvalue weighted by atomic mass is 9.89. The van der Waals surface area contributed by atoms with Crippen LogP contribution in [0.2, 0.25) is 0 Å². The number of urea groups is 1. The van der Waals surface area contributed by atoms with Crippen LogP contribution in [0.1, 0.15) is 27.7 Å². The van der Waals surface area contributed by atoms with Crippen molar-refractivity contribution >= 4 is 11.7 Å². The average Bonchev–Trinajstić information content (AvgIpc) is 2.38. The van der Waals surface area contributed by atoms with Gasteiger partial charge < -0.3 is 20.5 Å². The van der Waals surface area contributed by atoms with Gasteiger partial charge in [0.15, 0.2) is 11.6 Å². The van der Waals surface area contributed by atoms with Crippen LogP contribution in [-0.2, 0) is 0 Å². The van der Waals surface area contributed by atoms with Gasteiger partial charge >= 0.3 is 6.03 Å². The van der Waals surface area contributed by atoms with Crippen LogP contribution in [0.25, 0.3) is 0 Å². The second kappa shape index (κ2) is 7.26. The molecule has 0 radical (unpaired) electrons. The Labute approximate surface area is 124 Å². The number of hydrogen-bond acceptors (Lipinski definition) is 3. The second-order valence-electron chi connectivity index (χ2n) is 5.80. The molecule has 5 nitrogen and oxygen atoms in total. The van der Waals surface area contributed by atoms with Crippen LogP contribution >= 0.6 is 0 Å². The van der Waals surface area contributed by atoms with Gasteiger partial charge in [-0.15, -0.1) is 0 Å². The third-order valence-corrected chi connectivity index (χ3v) is 2.95. The topological polar surface area (TPSA) is 70.6 Å². The number of aliphatic hydroxyl groups is 1. The number of aliphatic hydroxyl groups excluding tert-OH is 1. The fourth-order valence-electron chi connectivity index (χ4n) is 1.52. The zero-order valence-electron chi connectivity index (χ0n) is 12.9. The number of nitrogens with one attached hydrogen (secondary N) is 2. The molecule has 118 valence electrons. The van der Waals surface area contributed by atoms with Crippen molar-refractivity contribution in [2.75, 3.05) is 18.5 Å². The molecule has 0 fully saturated rings. The van der Waals surface area contributed by atoms with E-state index in [0.29, 0.717) is 12.3 Å². The molecule has 1 aromatic rings. The van der Waals surface area contributed by atoms with Crippen molar-refractivity contribution in [1.82, 2.24) is 5.32 Å². The number of halogens is 1. The summed E-state index contributed by atoms with van der Waals surface area (Å²) in [4.78, 5) is 11.7. The standard InChI is InChI=1S/C15H23FN2O3/c1-5-21-12-7-6-10(8-11(12)16)18-14(20)17-9-13(19)15(2,3)4/h6-8,13,19H,5,9H2,1-4H3,(H2,17,18,20). The van der Waals surface area contributed by atoms with E-state index >= 15 is 0 Å². The van der Waals surface area contributed by atoms with E-state index in [0.717, 1.165) is 0 Å². The maximum absolute atomic E-state index is 13.6. The lowest BCUT2D eigenvalue weighted by Gasteiger charge is -2.25. The molecule has 0 saturated heterocycles. The van der Waals surface area contributed by atoms with Gasteiger partial charge in [-0.2, -0.15) is 0 Å². The Morgan fingerprint density at radius 1 is 1.43 bits per heavy atom. The minimum Gasteiger partial charge on any atom is -0.491 e. The van der Waals surface area contributed by atoms with Crippen molar-refractivity contribution in [3.8, 4) is 5.75 Å². The number of carbonyl (C=O) groups is 1. The third kappa shape index (κ3) is 5.59. The van der Waals surface area contributed by atoms with Crippen LogP contribution in [0.3, 0.4) is 0 Å². The van der Waals surface area contributed by atoms with E-state index in [4.69, 9.17) is 4.74 Å². The smallest absolute Gasteiger partial charge is 0.319 e. The van der Waals surface area contributed by atoms with Crippen LogP contribution in [-0.4, -0.2) is 30.4 Å². The molecule has 0 spiro atoms. The van der Waals surface area contributed by atoms with Crippen molar-refractivity contribution < 1.29 is 19.0 Å². The number of ether oxygens (including phenoxy) is 1. The van der Waals surface area contributed by atoms with Crippen molar-refractivity contribution in [3.63, 3.8) is 0 Å². The van der Waals surface area contributed by atoms with Crippen LogP contribution < -0.4 is 15.4 Å². The second-order valence-corrected chi connectivity index (χ2v) is 5.80. The van der Waals surface area contributed by atoms with Gasteiger partial charge in [-0.1, -0.05) is 20.8 Å². The lowest BCUT2D eigenvalue weighted by Crippen LogP contribution is -2.40. The van der Waals surface area contributed by atoms with Gasteiger partial charge in [-0.3, -0.25) is 0 Å². The first-order valence-corrected chi connectivity index (χ1v) is 6.89. The minimum absolute atomic E-state index is 0.120. The molecule has 6 heteroatoms. The molecule has 21 heavy (non-hydrogen) atoms. The summed E-state index contributed by atoms with van der Waals surface area (Å²) in [6, 6.07) is 3.69. The van der Waals surface area contributed by atoms with Crippen LogP contribution in [0, 0.1) is 11.2 Å². The highest BCUT2D eigenvalue weighted by Crippen LogP contribution is 2.21. The molecule has 0 bridgehead atoms. The van der Waals surface area contributed by atoms with Gasteiger partial charge in [0.2, 0.25) is 0 Å². The molecule has 0 saturated carbocycles. The van der Waals surface area contributed by atoms with Gasteiger partial charge in [-0.05, 0) is 24.5 Å². The molecule has 0 aromatic heterocycles. The summed E-state index contributed by atoms with van der Waals surface area (Å²) in [7, 11) is 0. The summed E-state index contributed by atoms with van der Waals surface area (Å²) < 4.78 is 18.7. The highest BCUT2D eigenvalue weighted by atomic mass is 19.1. The summed E-state index contributed by atoms with van der Waals surface area (Å²) in [6.45, 7) is 7.88. The van der Waals surface area contributed by atoms with Crippen molar-refractivity contribution in [2.24, 2.45) is 5.41 Å². The Kier molecular flexibility index (Phi) is 5.96. The first kappa shape index (κ1) is 17.2. The molecule has 3 N–H and O–H groups in total. The van der Waals surface area contributed by atoms with E-state index in [1.165, 1.54) is 12.1 Å². The maximum Gasteiger partial charge on any atom is 0.319 e. The molecule has 2 amide bonds. The number of amides is 2. The molecule has 0 heterocycles. The summed E-state index contributed by atoms with van der Waals surface area (Å²) in [5.74, 6) is -0.393. The van der Waals surface area contributed by atoms with E-state index in [2.05, 4.69) is 10.6 Å². The van der Waals surface area contributed by atoms with Gasteiger partial charge in [0, 0.05) is 18.3 Å². The molecule has 1 unspecified atom stereocenters. The number of carbonyl (C=O) groups excluding carboxylic acids is 1. The van der Waals surface area contributed by atoms with Gasteiger partial charge in [0.25, 0.3) is 0 Å². The summed E-state index contributed by atoms with van der Waals surface area (Å²) in [6.07, 6.45) is -0.666. The van der Waals surface area contributed by atoms with Gasteiger partial charge in [0.1, 0.15) is 0 Å². The first-order chi connectivity index (χ1) is 9.74. The molecular formula is C15H23FN2O3. The molecule has 1 rings (SSSR count). The SMILES string of the molecule is CCOc1ccc(NC(=O)NCC(O)C(C)(C)C)cc1F. The van der Waals surface area contributed by atoms with E-state index in [9.17, 15) is 14.3 Å². The first-order valence-electron chi connectivity index (χ1n) is 6.89. The minimum atomic E-state index is -0.666. The third-order valence-electron chi connectivity index (χ3n) is 2.95. The van der Waals surface area contributed by atoms with Crippen LogP contribution in [0.5, 0.6) is 5.75 Å². The monoisotopic (exact) mass is 298 g/mol. The zero-order chi connectivity index (χ0) is 16.0. The normalized spacial score (nSPS) is 12.7. The molecule has 1 aromatic carbocycles. The van der Waals surface area contributed by atoms with Crippen LogP contribution in [0.4, 0.5) is 14.9 Å². The maximum atomic E-state index is 13.6. The van der Waals surface area contributed by atoms with E-state index < -0.39 is 18.0 Å². The number of hydrogen-bond donors (Lipinski definition) is 3. The Hall–Kier alpha value is -1.82. The number of anilines is 1. The predicted molar refractivity (Wildman–Crippen MR) is 80.1 cm³/mol. The summed E-state index contributed by atoms with van der Waals surface area (Å²) >= 11 is 0. The highest BCUT2D eigenvalue weighted by molar-refractivity contribution is 5.89. The summed E-state index contributed by atoms with van der Waals surface area (Å²) in [5, 5.41) is 14.9. The lowest BCUT2D eigenvalue weighted by molar-refractivity contribution is 0.0654. The highest BCUT2D eigenvalue weighted by Gasteiger charge is 2.22. The van der Waals surface area contributed by atoms with Gasteiger partial charge in [-0.25, -0.2) is 9.18 Å². The molecule has 1 atom stereocenters. The largest absolute Gasteiger partial charge is 0.491 e. The van der Waals surface area contributed by atoms with E-state index in [-0.39, 0.29) is 17.7 Å². The fourth-order valence-corrected chi connectivity index (χ4v) is 1.52. The fraction of sp³-hybridized carbons (Fsp3) is 0.533.